The standard InChI is InChI=1S/C16H28N2O2S/c1-21(19,20)18-6-2-3-10(9-18)7-13(17)16-14-11-4-5-12(8-11)15(14)16/h10-16H,2-9,17H2,1H3. The molecule has 3 saturated carbocycles. The normalized spacial score (nSPS) is 47.3. The number of nitrogens with zero attached hydrogens (tertiary/aromatic N) is 1. The van der Waals surface area contributed by atoms with Gasteiger partial charge in [0.1, 0.15) is 0 Å². The van der Waals surface area contributed by atoms with Crippen LogP contribution in [0, 0.1) is 35.5 Å². The van der Waals surface area contributed by atoms with E-state index in [0.717, 1.165) is 48.9 Å². The van der Waals surface area contributed by atoms with Gasteiger partial charge < -0.3 is 5.73 Å². The molecule has 0 aromatic rings. The van der Waals surface area contributed by atoms with E-state index in [1.807, 2.05) is 0 Å². The van der Waals surface area contributed by atoms with E-state index in [1.165, 1.54) is 25.5 Å². The second kappa shape index (κ2) is 4.93. The number of hydrogen-bond donors (Lipinski definition) is 1. The molecule has 6 atom stereocenters. The summed E-state index contributed by atoms with van der Waals surface area (Å²) in [6.07, 6.45) is 8.87. The van der Waals surface area contributed by atoms with Crippen molar-refractivity contribution in [2.45, 2.75) is 44.6 Å². The van der Waals surface area contributed by atoms with Crippen LogP contribution in [-0.2, 0) is 10.0 Å². The van der Waals surface area contributed by atoms with Gasteiger partial charge in [0.25, 0.3) is 0 Å². The molecule has 0 spiro atoms. The van der Waals surface area contributed by atoms with E-state index >= 15 is 0 Å². The van der Waals surface area contributed by atoms with Crippen LogP contribution in [0.15, 0.2) is 0 Å². The van der Waals surface area contributed by atoms with Crippen molar-refractivity contribution in [2.24, 2.45) is 41.2 Å². The predicted molar refractivity (Wildman–Crippen MR) is 83.0 cm³/mol. The lowest BCUT2D eigenvalue weighted by Crippen LogP contribution is -2.41. The summed E-state index contributed by atoms with van der Waals surface area (Å²) in [4.78, 5) is 0. The number of sulfonamides is 1. The molecular formula is C16H28N2O2S. The topological polar surface area (TPSA) is 63.4 Å². The highest BCUT2D eigenvalue weighted by Gasteiger charge is 2.66. The Morgan fingerprint density at radius 1 is 1.19 bits per heavy atom. The minimum atomic E-state index is -3.03. The molecule has 0 aromatic carbocycles. The fraction of sp³-hybridized carbons (Fsp3) is 1.00. The van der Waals surface area contributed by atoms with E-state index in [1.54, 1.807) is 4.31 Å². The Morgan fingerprint density at radius 2 is 1.86 bits per heavy atom. The fourth-order valence-corrected chi connectivity index (χ4v) is 6.97. The Morgan fingerprint density at radius 3 is 2.48 bits per heavy atom. The quantitative estimate of drug-likeness (QED) is 0.859. The van der Waals surface area contributed by atoms with Crippen LogP contribution in [0.5, 0.6) is 0 Å². The Kier molecular flexibility index (Phi) is 3.40. The van der Waals surface area contributed by atoms with Gasteiger partial charge in [0.2, 0.25) is 10.0 Å². The first-order chi connectivity index (χ1) is 9.95. The molecule has 1 saturated heterocycles. The average Bonchev–Trinajstić information content (AvgIpc) is 2.87. The SMILES string of the molecule is CS(=O)(=O)N1CCCC(CC(N)C2C3C4CCC(C4)C23)C1. The Labute approximate surface area is 128 Å². The summed E-state index contributed by atoms with van der Waals surface area (Å²) in [5.74, 6) is 5.08. The summed E-state index contributed by atoms with van der Waals surface area (Å²) >= 11 is 0. The molecule has 2 N–H and O–H groups in total. The third-order valence-corrected chi connectivity index (χ3v) is 8.12. The lowest BCUT2D eigenvalue weighted by molar-refractivity contribution is 0.235. The Bertz CT molecular complexity index is 504. The molecule has 1 heterocycles. The monoisotopic (exact) mass is 312 g/mol. The summed E-state index contributed by atoms with van der Waals surface area (Å²) in [6, 6.07) is 0.313. The van der Waals surface area contributed by atoms with Crippen LogP contribution in [-0.4, -0.2) is 38.1 Å². The summed E-state index contributed by atoms with van der Waals surface area (Å²) in [6.45, 7) is 1.39. The third-order valence-electron chi connectivity index (χ3n) is 6.85. The molecule has 0 aromatic heterocycles. The van der Waals surface area contributed by atoms with Crippen LogP contribution in [0.3, 0.4) is 0 Å². The van der Waals surface area contributed by atoms with E-state index in [4.69, 9.17) is 5.73 Å². The highest BCUT2D eigenvalue weighted by atomic mass is 32.2. The van der Waals surface area contributed by atoms with Gasteiger partial charge in [-0.05, 0) is 74.0 Å². The molecule has 1 aliphatic heterocycles. The molecule has 21 heavy (non-hydrogen) atoms. The largest absolute Gasteiger partial charge is 0.327 e. The highest BCUT2D eigenvalue weighted by Crippen LogP contribution is 2.70. The van der Waals surface area contributed by atoms with Crippen LogP contribution in [0.4, 0.5) is 0 Å². The smallest absolute Gasteiger partial charge is 0.211 e. The van der Waals surface area contributed by atoms with Gasteiger partial charge in [-0.1, -0.05) is 0 Å². The van der Waals surface area contributed by atoms with E-state index in [-0.39, 0.29) is 0 Å². The molecule has 4 rings (SSSR count). The molecule has 3 aliphatic carbocycles. The summed E-state index contributed by atoms with van der Waals surface area (Å²) in [5, 5.41) is 0. The Hall–Kier alpha value is -0.130. The number of nitrogens with two attached hydrogens (primary N) is 1. The van der Waals surface area contributed by atoms with Crippen LogP contribution in [0.2, 0.25) is 0 Å². The van der Waals surface area contributed by atoms with Crippen molar-refractivity contribution < 1.29 is 8.42 Å². The second-order valence-corrected chi connectivity index (χ2v) is 10.1. The number of rotatable bonds is 4. The minimum absolute atomic E-state index is 0.313. The van der Waals surface area contributed by atoms with Crippen molar-refractivity contribution >= 4 is 10.0 Å². The summed E-state index contributed by atoms with van der Waals surface area (Å²) < 4.78 is 25.1. The van der Waals surface area contributed by atoms with Crippen LogP contribution < -0.4 is 5.73 Å². The van der Waals surface area contributed by atoms with Gasteiger partial charge in [-0.15, -0.1) is 0 Å². The molecule has 0 amide bonds. The van der Waals surface area contributed by atoms with Gasteiger partial charge >= 0.3 is 0 Å². The van der Waals surface area contributed by atoms with Crippen LogP contribution in [0.1, 0.15) is 38.5 Å². The number of fused-ring (bicyclic) bond motifs is 5. The van der Waals surface area contributed by atoms with Gasteiger partial charge in [-0.3, -0.25) is 0 Å². The minimum Gasteiger partial charge on any atom is -0.327 e. The highest BCUT2D eigenvalue weighted by molar-refractivity contribution is 7.88. The Balaban J connectivity index is 1.34. The maximum atomic E-state index is 11.7. The maximum absolute atomic E-state index is 11.7. The molecule has 6 unspecified atom stereocenters. The van der Waals surface area contributed by atoms with Crippen molar-refractivity contribution in [1.82, 2.24) is 4.31 Å². The molecule has 4 nitrogen and oxygen atoms in total. The summed E-state index contributed by atoms with van der Waals surface area (Å²) in [7, 11) is -3.03. The molecule has 4 fully saturated rings. The van der Waals surface area contributed by atoms with Crippen molar-refractivity contribution in [1.29, 1.82) is 0 Å². The van der Waals surface area contributed by atoms with Crippen LogP contribution in [0.25, 0.3) is 0 Å². The maximum Gasteiger partial charge on any atom is 0.211 e. The van der Waals surface area contributed by atoms with E-state index < -0.39 is 10.0 Å². The van der Waals surface area contributed by atoms with Gasteiger partial charge in [0, 0.05) is 19.1 Å². The molecule has 120 valence electrons. The van der Waals surface area contributed by atoms with Crippen molar-refractivity contribution in [3.05, 3.63) is 0 Å². The first-order valence-electron chi connectivity index (χ1n) is 8.66. The van der Waals surface area contributed by atoms with Gasteiger partial charge in [-0.2, -0.15) is 0 Å². The average molecular weight is 312 g/mol. The molecular weight excluding hydrogens is 284 g/mol. The first-order valence-corrected chi connectivity index (χ1v) is 10.5. The number of hydrogen-bond acceptors (Lipinski definition) is 3. The predicted octanol–water partition coefficient (Wildman–Crippen LogP) is 1.67. The van der Waals surface area contributed by atoms with Crippen molar-refractivity contribution in [2.75, 3.05) is 19.3 Å². The number of piperidine rings is 1. The van der Waals surface area contributed by atoms with E-state index in [9.17, 15) is 8.42 Å². The van der Waals surface area contributed by atoms with Gasteiger partial charge in [0.05, 0.1) is 6.26 Å². The van der Waals surface area contributed by atoms with Crippen molar-refractivity contribution in [3.8, 4) is 0 Å². The van der Waals surface area contributed by atoms with Gasteiger partial charge in [-0.25, -0.2) is 12.7 Å². The molecule has 0 radical (unpaired) electrons. The summed E-state index contributed by atoms with van der Waals surface area (Å²) in [5.41, 5.74) is 6.54. The van der Waals surface area contributed by atoms with E-state index in [0.29, 0.717) is 25.0 Å². The van der Waals surface area contributed by atoms with Crippen molar-refractivity contribution in [3.63, 3.8) is 0 Å². The molecule has 4 aliphatic rings. The second-order valence-electron chi connectivity index (χ2n) is 8.09. The fourth-order valence-electron chi connectivity index (χ4n) is 6.03. The molecule has 2 bridgehead atoms. The zero-order chi connectivity index (χ0) is 14.8. The lowest BCUT2D eigenvalue weighted by Gasteiger charge is -2.32. The van der Waals surface area contributed by atoms with E-state index in [2.05, 4.69) is 0 Å². The lowest BCUT2D eigenvalue weighted by atomic mass is 9.88. The van der Waals surface area contributed by atoms with Crippen LogP contribution >= 0.6 is 0 Å². The zero-order valence-electron chi connectivity index (χ0n) is 12.9. The zero-order valence-corrected chi connectivity index (χ0v) is 13.8. The third kappa shape index (κ3) is 2.45. The first kappa shape index (κ1) is 14.5. The van der Waals surface area contributed by atoms with Gasteiger partial charge in [0.15, 0.2) is 0 Å². The molecule has 5 heteroatoms.